The maximum Gasteiger partial charge on any atom is 0.160 e. The average molecular weight is 793 g/mol. The van der Waals surface area contributed by atoms with E-state index in [0.29, 0.717) is 5.82 Å². The van der Waals surface area contributed by atoms with Crippen LogP contribution in [-0.2, 0) is 0 Å². The van der Waals surface area contributed by atoms with Gasteiger partial charge in [-0.1, -0.05) is 182 Å². The first-order valence-corrected chi connectivity index (χ1v) is 21.5. The number of benzene rings is 10. The van der Waals surface area contributed by atoms with Crippen molar-refractivity contribution in [3.05, 3.63) is 218 Å². The lowest BCUT2D eigenvalue weighted by molar-refractivity contribution is 1.18. The molecule has 3 heteroatoms. The Morgan fingerprint density at radius 1 is 0.295 bits per heavy atom. The molecule has 0 radical (unpaired) electrons. The third kappa shape index (κ3) is 6.18. The lowest BCUT2D eigenvalue weighted by atomic mass is 9.83. The summed E-state index contributed by atoms with van der Waals surface area (Å²) in [4.78, 5) is 11.6. The summed E-state index contributed by atoms with van der Waals surface area (Å²) < 4.78 is 1.29. The van der Waals surface area contributed by atoms with Crippen molar-refractivity contribution >= 4 is 64.5 Å². The molecule has 0 fully saturated rings. The maximum atomic E-state index is 5.20. The number of hydrogen-bond donors (Lipinski definition) is 0. The topological polar surface area (TPSA) is 25.8 Å². The third-order valence-corrected chi connectivity index (χ3v) is 13.2. The van der Waals surface area contributed by atoms with Crippen molar-refractivity contribution in [2.75, 3.05) is 0 Å². The van der Waals surface area contributed by atoms with Crippen molar-refractivity contribution in [3.8, 4) is 66.6 Å². The molecule has 0 atom stereocenters. The fraction of sp³-hybridized carbons (Fsp3) is 0. The molecule has 12 rings (SSSR count). The SMILES string of the molecule is c1ccc(-c2nc(-c3cccc(-c4cc5ccccc5s4)c3)cc(-c3ccc4cc(-c5c6ccccc6c(-c6ccccc6)c6ccc7ccccc7c56)ccc4c3)n2)cc1. The molecule has 0 bridgehead atoms. The normalized spacial score (nSPS) is 11.6. The van der Waals surface area contributed by atoms with Gasteiger partial charge in [-0.2, -0.15) is 0 Å². The summed E-state index contributed by atoms with van der Waals surface area (Å²) in [6.45, 7) is 0. The molecule has 284 valence electrons. The minimum Gasteiger partial charge on any atom is -0.228 e. The molecule has 0 saturated heterocycles. The highest BCUT2D eigenvalue weighted by molar-refractivity contribution is 7.22. The molecule has 0 aliphatic rings. The summed E-state index contributed by atoms with van der Waals surface area (Å²) in [5.41, 5.74) is 11.0. The van der Waals surface area contributed by atoms with E-state index < -0.39 is 0 Å². The first-order valence-electron chi connectivity index (χ1n) is 20.7. The second-order valence-corrected chi connectivity index (χ2v) is 16.8. The van der Waals surface area contributed by atoms with Gasteiger partial charge in [-0.3, -0.25) is 0 Å². The van der Waals surface area contributed by atoms with Gasteiger partial charge in [0.15, 0.2) is 5.82 Å². The quantitative estimate of drug-likeness (QED) is 0.124. The van der Waals surface area contributed by atoms with Crippen LogP contribution in [0.25, 0.3) is 120 Å². The van der Waals surface area contributed by atoms with Crippen LogP contribution in [0.5, 0.6) is 0 Å². The van der Waals surface area contributed by atoms with Crippen LogP contribution in [0.3, 0.4) is 0 Å². The molecule has 2 aromatic heterocycles. The molecule has 0 aliphatic heterocycles. The van der Waals surface area contributed by atoms with Gasteiger partial charge in [-0.25, -0.2) is 9.97 Å². The minimum absolute atomic E-state index is 0.709. The fourth-order valence-electron chi connectivity index (χ4n) is 9.14. The van der Waals surface area contributed by atoms with Crippen LogP contribution in [-0.4, -0.2) is 9.97 Å². The highest BCUT2D eigenvalue weighted by Crippen LogP contribution is 2.47. The van der Waals surface area contributed by atoms with E-state index in [1.54, 1.807) is 0 Å². The van der Waals surface area contributed by atoms with Crippen molar-refractivity contribution < 1.29 is 0 Å². The molecular formula is C58H36N2S. The summed E-state index contributed by atoms with van der Waals surface area (Å²) in [5.74, 6) is 0.709. The van der Waals surface area contributed by atoms with Crippen LogP contribution in [0.1, 0.15) is 0 Å². The first kappa shape index (κ1) is 35.2. The van der Waals surface area contributed by atoms with Crippen molar-refractivity contribution in [3.63, 3.8) is 0 Å². The first-order chi connectivity index (χ1) is 30.2. The van der Waals surface area contributed by atoms with E-state index in [9.17, 15) is 0 Å². The predicted octanol–water partition coefficient (Wildman–Crippen LogP) is 16.3. The Labute approximate surface area is 357 Å². The highest BCUT2D eigenvalue weighted by Gasteiger charge is 2.19. The standard InChI is InChI=1S/C58H36N2S/c1-3-15-38(16-4-1)55-48-23-10-11-24-49(48)56(57-47-22-9-7-14-37(47)30-31-50(55)57)46-29-27-40-32-43(28-26-41(40)33-46)52-36-51(59-58(60-52)39-17-5-2-6-18-39)42-20-13-21-44(34-42)54-35-45-19-8-12-25-53(45)61-54/h1-36H. The summed E-state index contributed by atoms with van der Waals surface area (Å²) in [5, 5.41) is 11.2. The summed E-state index contributed by atoms with van der Waals surface area (Å²) in [6.07, 6.45) is 0. The Morgan fingerprint density at radius 3 is 1.61 bits per heavy atom. The zero-order chi connectivity index (χ0) is 40.3. The maximum absolute atomic E-state index is 5.20. The zero-order valence-corrected chi connectivity index (χ0v) is 33.9. The molecule has 2 heterocycles. The van der Waals surface area contributed by atoms with E-state index >= 15 is 0 Å². The number of thiophene rings is 1. The molecular weight excluding hydrogens is 757 g/mol. The lowest BCUT2D eigenvalue weighted by Gasteiger charge is -2.19. The van der Waals surface area contributed by atoms with Gasteiger partial charge in [-0.05, 0) is 113 Å². The van der Waals surface area contributed by atoms with Crippen LogP contribution in [0.2, 0.25) is 0 Å². The summed E-state index contributed by atoms with van der Waals surface area (Å²) >= 11 is 1.82. The van der Waals surface area contributed by atoms with Gasteiger partial charge in [-0.15, -0.1) is 11.3 Å². The average Bonchev–Trinajstić information content (AvgIpc) is 3.78. The Bertz CT molecular complexity index is 3610. The van der Waals surface area contributed by atoms with Crippen LogP contribution < -0.4 is 0 Å². The Kier molecular flexibility index (Phi) is 8.39. The Morgan fingerprint density at radius 2 is 0.852 bits per heavy atom. The fourth-order valence-corrected chi connectivity index (χ4v) is 10.2. The van der Waals surface area contributed by atoms with Crippen LogP contribution in [0.4, 0.5) is 0 Å². The number of aromatic nitrogens is 2. The van der Waals surface area contributed by atoms with Crippen molar-refractivity contribution in [1.82, 2.24) is 9.97 Å². The van der Waals surface area contributed by atoms with Gasteiger partial charge < -0.3 is 0 Å². The van der Waals surface area contributed by atoms with Crippen molar-refractivity contribution in [1.29, 1.82) is 0 Å². The summed E-state index contributed by atoms with van der Waals surface area (Å²) in [7, 11) is 0. The molecule has 0 spiro atoms. The Balaban J connectivity index is 1.01. The molecule has 61 heavy (non-hydrogen) atoms. The molecule has 0 N–H and O–H groups in total. The predicted molar refractivity (Wildman–Crippen MR) is 260 cm³/mol. The molecule has 0 unspecified atom stereocenters. The van der Waals surface area contributed by atoms with E-state index in [0.717, 1.165) is 33.5 Å². The summed E-state index contributed by atoms with van der Waals surface area (Å²) in [6, 6.07) is 78.9. The van der Waals surface area contributed by atoms with Gasteiger partial charge in [0.1, 0.15) is 0 Å². The minimum atomic E-state index is 0.709. The second kappa shape index (κ2) is 14.5. The van der Waals surface area contributed by atoms with Crippen molar-refractivity contribution in [2.45, 2.75) is 0 Å². The Hall–Kier alpha value is -7.72. The van der Waals surface area contributed by atoms with Crippen LogP contribution in [0.15, 0.2) is 218 Å². The molecule has 12 aromatic rings. The number of rotatable bonds is 6. The number of hydrogen-bond acceptors (Lipinski definition) is 3. The number of fused-ring (bicyclic) bond motifs is 6. The van der Waals surface area contributed by atoms with Gasteiger partial charge in [0.05, 0.1) is 11.4 Å². The molecule has 0 aliphatic carbocycles. The van der Waals surface area contributed by atoms with Gasteiger partial charge in [0.25, 0.3) is 0 Å². The molecule has 10 aromatic carbocycles. The molecule has 0 saturated carbocycles. The van der Waals surface area contributed by atoms with Gasteiger partial charge in [0, 0.05) is 26.3 Å². The highest BCUT2D eigenvalue weighted by atomic mass is 32.1. The van der Waals surface area contributed by atoms with E-state index in [1.165, 1.54) is 80.5 Å². The third-order valence-electron chi connectivity index (χ3n) is 12.0. The van der Waals surface area contributed by atoms with E-state index in [2.05, 4.69) is 200 Å². The van der Waals surface area contributed by atoms with E-state index in [-0.39, 0.29) is 0 Å². The van der Waals surface area contributed by atoms with Crippen molar-refractivity contribution in [2.24, 2.45) is 0 Å². The van der Waals surface area contributed by atoms with Gasteiger partial charge in [0.2, 0.25) is 0 Å². The number of nitrogens with zero attached hydrogens (tertiary/aromatic N) is 2. The zero-order valence-electron chi connectivity index (χ0n) is 33.1. The second-order valence-electron chi connectivity index (χ2n) is 15.7. The largest absolute Gasteiger partial charge is 0.228 e. The van der Waals surface area contributed by atoms with E-state index in [4.69, 9.17) is 9.97 Å². The van der Waals surface area contributed by atoms with Crippen LogP contribution in [0, 0.1) is 0 Å². The lowest BCUT2D eigenvalue weighted by Crippen LogP contribution is -1.96. The van der Waals surface area contributed by atoms with Gasteiger partial charge >= 0.3 is 0 Å². The van der Waals surface area contributed by atoms with E-state index in [1.807, 2.05) is 29.5 Å². The molecule has 2 nitrogen and oxygen atoms in total. The smallest absolute Gasteiger partial charge is 0.160 e. The molecule has 0 amide bonds. The van der Waals surface area contributed by atoms with Crippen LogP contribution >= 0.6 is 11.3 Å². The monoisotopic (exact) mass is 792 g/mol.